The van der Waals surface area contributed by atoms with Gasteiger partial charge in [0, 0.05) is 29.6 Å². The average Bonchev–Trinajstić information content (AvgIpc) is 3.20. The minimum Gasteiger partial charge on any atom is -0.618 e. The van der Waals surface area contributed by atoms with Crippen LogP contribution < -0.4 is 15.4 Å². The van der Waals surface area contributed by atoms with Crippen LogP contribution in [0, 0.1) is 18.0 Å². The van der Waals surface area contributed by atoms with Crippen LogP contribution >= 0.6 is 0 Å². The molecule has 11 nitrogen and oxygen atoms in total. The highest BCUT2D eigenvalue weighted by Gasteiger charge is 2.37. The lowest BCUT2D eigenvalue weighted by atomic mass is 10.0. The molecule has 43 heavy (non-hydrogen) atoms. The van der Waals surface area contributed by atoms with Crippen LogP contribution in [0.15, 0.2) is 70.2 Å². The molecule has 2 aromatic carbocycles. The molecule has 4 aromatic rings. The van der Waals surface area contributed by atoms with Gasteiger partial charge in [-0.05, 0) is 55.0 Å². The predicted octanol–water partition coefficient (Wildman–Crippen LogP) is 3.21. The SMILES string of the molecule is Cc1c(C(=O)N[C@@H](CC(C)C)C(=O)NC2CCCN(S(=O)(=O)c3cccc[n+]3[O-])CC2=O)oc2ccc3ccccc3c12. The summed E-state index contributed by atoms with van der Waals surface area (Å²) in [6.45, 7) is 5.16. The van der Waals surface area contributed by atoms with Gasteiger partial charge in [0.15, 0.2) is 17.7 Å². The molecular weight excluding hydrogens is 572 g/mol. The van der Waals surface area contributed by atoms with E-state index in [4.69, 9.17) is 4.42 Å². The molecule has 226 valence electrons. The fourth-order valence-electron chi connectivity index (χ4n) is 5.54. The second-order valence-corrected chi connectivity index (χ2v) is 13.1. The third kappa shape index (κ3) is 6.11. The highest BCUT2D eigenvalue weighted by molar-refractivity contribution is 7.89. The van der Waals surface area contributed by atoms with Crippen LogP contribution in [0.5, 0.6) is 0 Å². The maximum atomic E-state index is 13.5. The van der Waals surface area contributed by atoms with E-state index in [1.54, 1.807) is 6.92 Å². The van der Waals surface area contributed by atoms with E-state index >= 15 is 0 Å². The number of hydrogen-bond acceptors (Lipinski definition) is 7. The smallest absolute Gasteiger partial charge is 0.323 e. The molecule has 2 N–H and O–H groups in total. The number of aryl methyl sites for hydroxylation is 1. The Hall–Kier alpha value is -4.29. The Balaban J connectivity index is 1.32. The van der Waals surface area contributed by atoms with E-state index in [0.717, 1.165) is 26.7 Å². The summed E-state index contributed by atoms with van der Waals surface area (Å²) in [5.74, 6) is -1.45. The van der Waals surface area contributed by atoms with Crippen molar-refractivity contribution in [3.05, 3.63) is 77.3 Å². The van der Waals surface area contributed by atoms with Crippen molar-refractivity contribution in [2.75, 3.05) is 13.1 Å². The van der Waals surface area contributed by atoms with Gasteiger partial charge in [0.2, 0.25) is 5.91 Å². The topological polar surface area (TPSA) is 153 Å². The lowest BCUT2D eigenvalue weighted by Gasteiger charge is -2.23. The largest absolute Gasteiger partial charge is 0.618 e. The van der Waals surface area contributed by atoms with Gasteiger partial charge in [0.05, 0.1) is 12.6 Å². The van der Waals surface area contributed by atoms with E-state index in [-0.39, 0.29) is 35.8 Å². The number of sulfonamides is 1. The Bertz CT molecular complexity index is 1820. The fraction of sp³-hybridized carbons (Fsp3) is 0.355. The fourth-order valence-corrected chi connectivity index (χ4v) is 7.01. The van der Waals surface area contributed by atoms with Crippen LogP contribution in [-0.4, -0.2) is 55.5 Å². The Morgan fingerprint density at radius 3 is 2.60 bits per heavy atom. The Kier molecular flexibility index (Phi) is 8.52. The number of nitrogens with one attached hydrogen (secondary N) is 2. The summed E-state index contributed by atoms with van der Waals surface area (Å²) in [6.07, 6.45) is 1.88. The average molecular weight is 607 g/mol. The summed E-state index contributed by atoms with van der Waals surface area (Å²) in [4.78, 5) is 40.1. The van der Waals surface area contributed by atoms with Crippen molar-refractivity contribution >= 4 is 49.4 Å². The number of nitrogens with zero attached hydrogens (tertiary/aromatic N) is 2. The van der Waals surface area contributed by atoms with Gasteiger partial charge in [0.1, 0.15) is 11.6 Å². The van der Waals surface area contributed by atoms with Crippen molar-refractivity contribution in [1.29, 1.82) is 0 Å². The van der Waals surface area contributed by atoms with Crippen molar-refractivity contribution in [3.63, 3.8) is 0 Å². The number of amides is 2. The summed E-state index contributed by atoms with van der Waals surface area (Å²) < 4.78 is 33.3. The standard InChI is InChI=1S/C31H34N4O7S/c1-19(2)17-24(33-31(38)29-20(3)28-22-10-5-4-9-21(22)13-14-26(28)42-29)30(37)32-23-11-8-15-34(18-25(23)36)43(40,41)27-12-6-7-16-35(27)39/h4-7,9-10,12-14,16,19,23-24H,8,11,15,17-18H2,1-3H3,(H,32,37)(H,33,38)/t23?,24-/m0/s1. The molecular formula is C31H34N4O7S. The summed E-state index contributed by atoms with van der Waals surface area (Å²) >= 11 is 0. The van der Waals surface area contributed by atoms with E-state index in [1.807, 2.05) is 50.2 Å². The van der Waals surface area contributed by atoms with Crippen molar-refractivity contribution < 1.29 is 31.9 Å². The van der Waals surface area contributed by atoms with Crippen LogP contribution in [0.4, 0.5) is 0 Å². The summed E-state index contributed by atoms with van der Waals surface area (Å²) in [5.41, 5.74) is 1.22. The van der Waals surface area contributed by atoms with Gasteiger partial charge in [-0.25, -0.2) is 8.42 Å². The van der Waals surface area contributed by atoms with Crippen LogP contribution in [-0.2, 0) is 19.6 Å². The maximum Gasteiger partial charge on any atom is 0.323 e. The molecule has 12 heteroatoms. The molecule has 1 saturated heterocycles. The van der Waals surface area contributed by atoms with Gasteiger partial charge in [-0.3, -0.25) is 14.4 Å². The first-order valence-electron chi connectivity index (χ1n) is 14.2. The normalized spacial score (nSPS) is 17.2. The van der Waals surface area contributed by atoms with Gasteiger partial charge in [0.25, 0.3) is 5.91 Å². The number of aromatic nitrogens is 1. The highest BCUT2D eigenvalue weighted by atomic mass is 32.2. The zero-order chi connectivity index (χ0) is 30.9. The molecule has 0 radical (unpaired) electrons. The molecule has 2 aromatic heterocycles. The number of hydrogen-bond donors (Lipinski definition) is 2. The first-order chi connectivity index (χ1) is 20.5. The third-order valence-electron chi connectivity index (χ3n) is 7.68. The molecule has 2 amide bonds. The second kappa shape index (κ2) is 12.1. The number of pyridine rings is 1. The number of carbonyl (C=O) groups excluding carboxylic acids is 3. The Labute approximate surface area is 249 Å². The molecule has 1 aliphatic rings. The number of rotatable bonds is 8. The van der Waals surface area contributed by atoms with Gasteiger partial charge in [-0.2, -0.15) is 9.04 Å². The van der Waals surface area contributed by atoms with Crippen LogP contribution in [0.25, 0.3) is 21.7 Å². The molecule has 5 rings (SSSR count). The summed E-state index contributed by atoms with van der Waals surface area (Å²) in [6, 6.07) is 13.7. The van der Waals surface area contributed by atoms with E-state index in [0.29, 0.717) is 17.6 Å². The predicted molar refractivity (Wildman–Crippen MR) is 159 cm³/mol. The molecule has 1 aliphatic heterocycles. The molecule has 0 bridgehead atoms. The van der Waals surface area contributed by atoms with E-state index < -0.39 is 51.3 Å². The van der Waals surface area contributed by atoms with E-state index in [2.05, 4.69) is 10.6 Å². The zero-order valence-electron chi connectivity index (χ0n) is 24.2. The minimum absolute atomic E-state index is 0.0154. The number of carbonyl (C=O) groups is 3. The summed E-state index contributed by atoms with van der Waals surface area (Å²) in [7, 11) is -4.23. The zero-order valence-corrected chi connectivity index (χ0v) is 25.0. The number of Topliss-reactive ketones (excluding diaryl/α,β-unsaturated/α-hetero) is 1. The van der Waals surface area contributed by atoms with Crippen LogP contribution in [0.3, 0.4) is 0 Å². The maximum absolute atomic E-state index is 13.5. The lowest BCUT2D eigenvalue weighted by Crippen LogP contribution is -2.53. The van der Waals surface area contributed by atoms with Crippen molar-refractivity contribution in [2.45, 2.75) is 57.1 Å². The molecule has 1 unspecified atom stereocenters. The molecule has 0 aliphatic carbocycles. The van der Waals surface area contributed by atoms with Crippen LogP contribution in [0.2, 0.25) is 0 Å². The third-order valence-corrected chi connectivity index (χ3v) is 9.52. The molecule has 0 saturated carbocycles. The quantitative estimate of drug-likeness (QED) is 0.231. The molecule has 1 fully saturated rings. The van der Waals surface area contributed by atoms with Gasteiger partial charge >= 0.3 is 15.0 Å². The Morgan fingerprint density at radius 2 is 1.86 bits per heavy atom. The van der Waals surface area contributed by atoms with Crippen molar-refractivity contribution in [2.24, 2.45) is 5.92 Å². The van der Waals surface area contributed by atoms with E-state index in [9.17, 15) is 28.0 Å². The Morgan fingerprint density at radius 1 is 1.12 bits per heavy atom. The monoisotopic (exact) mass is 606 g/mol. The number of ketones is 1. The second-order valence-electron chi connectivity index (χ2n) is 11.2. The van der Waals surface area contributed by atoms with Crippen molar-refractivity contribution in [1.82, 2.24) is 14.9 Å². The lowest BCUT2D eigenvalue weighted by molar-refractivity contribution is -0.646. The summed E-state index contributed by atoms with van der Waals surface area (Å²) in [5, 5.41) is 20.0. The highest BCUT2D eigenvalue weighted by Crippen LogP contribution is 2.32. The number of furan rings is 1. The van der Waals surface area contributed by atoms with Crippen LogP contribution in [0.1, 0.15) is 49.2 Å². The molecule has 2 atom stereocenters. The minimum atomic E-state index is -4.23. The van der Waals surface area contributed by atoms with E-state index in [1.165, 1.54) is 18.2 Å². The molecule has 0 spiro atoms. The van der Waals surface area contributed by atoms with Gasteiger partial charge in [-0.1, -0.05) is 44.2 Å². The number of benzene rings is 2. The van der Waals surface area contributed by atoms with Gasteiger partial charge in [-0.15, -0.1) is 0 Å². The first kappa shape index (κ1) is 30.2. The first-order valence-corrected chi connectivity index (χ1v) is 15.6. The van der Waals surface area contributed by atoms with Gasteiger partial charge < -0.3 is 20.3 Å². The number of fused-ring (bicyclic) bond motifs is 3. The molecule has 3 heterocycles. The van der Waals surface area contributed by atoms with Crippen molar-refractivity contribution in [3.8, 4) is 0 Å².